The zero-order chi connectivity index (χ0) is 14.4. The van der Waals surface area contributed by atoms with Crippen LogP contribution in [-0.2, 0) is 4.74 Å². The maximum atomic E-state index is 11.4. The van der Waals surface area contributed by atoms with Gasteiger partial charge in [0.1, 0.15) is 11.9 Å². The summed E-state index contributed by atoms with van der Waals surface area (Å²) in [5, 5.41) is 2.74. The number of nitrogens with one attached hydrogen (secondary N) is 1. The highest BCUT2D eigenvalue weighted by atomic mass is 16.6. The third-order valence-corrected chi connectivity index (χ3v) is 3.99. The minimum atomic E-state index is -0.467. The summed E-state index contributed by atoms with van der Waals surface area (Å²) in [6.45, 7) is 3.77. The highest BCUT2D eigenvalue weighted by Crippen LogP contribution is 2.32. The predicted octanol–water partition coefficient (Wildman–Crippen LogP) is 1.01. The molecule has 2 fully saturated rings. The molecule has 1 amide bonds. The molecule has 0 aliphatic carbocycles. The van der Waals surface area contributed by atoms with E-state index in [4.69, 9.17) is 9.15 Å². The summed E-state index contributed by atoms with van der Waals surface area (Å²) in [4.78, 5) is 26.3. The zero-order valence-electron chi connectivity index (χ0n) is 11.6. The Morgan fingerprint density at radius 3 is 3.14 bits per heavy atom. The van der Waals surface area contributed by atoms with E-state index < -0.39 is 5.60 Å². The molecule has 1 atom stereocenters. The average molecular weight is 289 g/mol. The van der Waals surface area contributed by atoms with E-state index in [1.54, 1.807) is 6.92 Å². The lowest BCUT2D eigenvalue weighted by Crippen LogP contribution is -2.50. The Hall–Kier alpha value is -2.38. The number of rotatable bonds is 1. The molecule has 8 heteroatoms. The summed E-state index contributed by atoms with van der Waals surface area (Å²) in [5.41, 5.74) is 0.675. The summed E-state index contributed by atoms with van der Waals surface area (Å²) in [6.07, 6.45) is 2.91. The fourth-order valence-corrected chi connectivity index (χ4v) is 3.09. The largest absolute Gasteiger partial charge is 0.439 e. The van der Waals surface area contributed by atoms with E-state index in [1.165, 1.54) is 6.33 Å². The summed E-state index contributed by atoms with van der Waals surface area (Å²) in [7, 11) is 0. The maximum Gasteiger partial charge on any atom is 0.407 e. The number of piperidine rings is 1. The molecule has 0 saturated carbocycles. The van der Waals surface area contributed by atoms with Crippen molar-refractivity contribution in [2.24, 2.45) is 0 Å². The van der Waals surface area contributed by atoms with Crippen LogP contribution < -0.4 is 10.2 Å². The van der Waals surface area contributed by atoms with Gasteiger partial charge in [0.25, 0.3) is 5.71 Å². The molecule has 4 rings (SSSR count). The smallest absolute Gasteiger partial charge is 0.407 e. The molecule has 2 aromatic heterocycles. The monoisotopic (exact) mass is 289 g/mol. The molecule has 4 heterocycles. The number of ether oxygens (including phenoxy) is 1. The Kier molecular flexibility index (Phi) is 2.54. The van der Waals surface area contributed by atoms with Gasteiger partial charge in [-0.25, -0.2) is 14.8 Å². The van der Waals surface area contributed by atoms with Gasteiger partial charge in [-0.05, 0) is 12.8 Å². The Bertz CT molecular complexity index is 715. The fraction of sp³-hybridized carbons (Fsp3) is 0.538. The van der Waals surface area contributed by atoms with Crippen LogP contribution in [0.1, 0.15) is 18.7 Å². The van der Waals surface area contributed by atoms with Gasteiger partial charge in [-0.1, -0.05) is 0 Å². The lowest BCUT2D eigenvalue weighted by molar-refractivity contribution is 0.0446. The lowest BCUT2D eigenvalue weighted by Gasteiger charge is -2.38. The summed E-state index contributed by atoms with van der Waals surface area (Å²) >= 11 is 0. The third kappa shape index (κ3) is 1.98. The first kappa shape index (κ1) is 12.4. The van der Waals surface area contributed by atoms with E-state index in [1.807, 2.05) is 0 Å². The second-order valence-corrected chi connectivity index (χ2v) is 5.54. The van der Waals surface area contributed by atoms with Crippen LogP contribution in [0.2, 0.25) is 0 Å². The van der Waals surface area contributed by atoms with Gasteiger partial charge in [-0.2, -0.15) is 4.98 Å². The Morgan fingerprint density at radius 2 is 2.33 bits per heavy atom. The van der Waals surface area contributed by atoms with Crippen LogP contribution >= 0.6 is 0 Å². The molecule has 0 radical (unpaired) electrons. The highest BCUT2D eigenvalue weighted by molar-refractivity contribution is 5.81. The predicted molar refractivity (Wildman–Crippen MR) is 73.0 cm³/mol. The topological polar surface area (TPSA) is 93.4 Å². The van der Waals surface area contributed by atoms with Crippen LogP contribution in [0.25, 0.3) is 11.2 Å². The number of anilines is 1. The van der Waals surface area contributed by atoms with Crippen LogP contribution in [0.5, 0.6) is 0 Å². The van der Waals surface area contributed by atoms with Gasteiger partial charge in [0, 0.05) is 13.5 Å². The molecule has 2 aliphatic rings. The third-order valence-electron chi connectivity index (χ3n) is 3.99. The number of hydrogen-bond donors (Lipinski definition) is 1. The van der Waals surface area contributed by atoms with Gasteiger partial charge in [-0.15, -0.1) is 0 Å². The van der Waals surface area contributed by atoms with Crippen molar-refractivity contribution in [3.63, 3.8) is 0 Å². The van der Waals surface area contributed by atoms with Gasteiger partial charge in [-0.3, -0.25) is 0 Å². The van der Waals surface area contributed by atoms with Crippen LogP contribution in [-0.4, -0.2) is 46.3 Å². The van der Waals surface area contributed by atoms with E-state index in [0.29, 0.717) is 30.2 Å². The number of alkyl carbamates (subject to hydrolysis) is 1. The highest BCUT2D eigenvalue weighted by Gasteiger charge is 2.44. The van der Waals surface area contributed by atoms with Crippen molar-refractivity contribution in [1.29, 1.82) is 0 Å². The van der Waals surface area contributed by atoms with Crippen molar-refractivity contribution < 1.29 is 13.9 Å². The Balaban J connectivity index is 1.70. The second kappa shape index (κ2) is 4.31. The number of aromatic nitrogens is 3. The lowest BCUT2D eigenvalue weighted by atomic mass is 9.93. The molecule has 2 aliphatic heterocycles. The van der Waals surface area contributed by atoms with Crippen LogP contribution in [0, 0.1) is 6.92 Å². The Labute approximate surface area is 120 Å². The molecular formula is C13H15N5O3. The standard InChI is InChI=1S/C13H15N5O3/c1-8-17-9-10(15-7-16-11(9)20-8)18-4-2-3-13(6-18)5-14-12(19)21-13/h7H,2-6H2,1H3,(H,14,19)/t13-/m1/s1. The van der Waals surface area contributed by atoms with Gasteiger partial charge in [0.2, 0.25) is 0 Å². The van der Waals surface area contributed by atoms with Gasteiger partial charge in [0.15, 0.2) is 17.2 Å². The number of amides is 1. The van der Waals surface area contributed by atoms with Gasteiger partial charge in [0.05, 0.1) is 13.1 Å². The average Bonchev–Trinajstić information content (AvgIpc) is 3.01. The van der Waals surface area contributed by atoms with E-state index in [0.717, 1.165) is 25.2 Å². The molecule has 110 valence electrons. The van der Waals surface area contributed by atoms with Crippen molar-refractivity contribution in [2.75, 3.05) is 24.5 Å². The number of hydrogen-bond acceptors (Lipinski definition) is 7. The van der Waals surface area contributed by atoms with Crippen molar-refractivity contribution in [1.82, 2.24) is 20.3 Å². The zero-order valence-corrected chi connectivity index (χ0v) is 11.6. The van der Waals surface area contributed by atoms with Crippen LogP contribution in [0.4, 0.5) is 10.6 Å². The number of nitrogens with zero attached hydrogens (tertiary/aromatic N) is 4. The van der Waals surface area contributed by atoms with Gasteiger partial charge < -0.3 is 19.4 Å². The van der Waals surface area contributed by atoms with E-state index in [9.17, 15) is 4.79 Å². The number of fused-ring (bicyclic) bond motifs is 1. The van der Waals surface area contributed by atoms with Crippen molar-refractivity contribution >= 4 is 23.1 Å². The first-order chi connectivity index (χ1) is 10.2. The summed E-state index contributed by atoms with van der Waals surface area (Å²) in [6, 6.07) is 0. The molecule has 0 unspecified atom stereocenters. The summed E-state index contributed by atoms with van der Waals surface area (Å²) in [5.74, 6) is 1.30. The molecular weight excluding hydrogens is 274 g/mol. The van der Waals surface area contributed by atoms with Crippen molar-refractivity contribution in [2.45, 2.75) is 25.4 Å². The SMILES string of the molecule is Cc1nc2c(N3CCC[C@@]4(CNC(=O)O4)C3)ncnc2o1. The van der Waals surface area contributed by atoms with Crippen LogP contribution in [0.3, 0.4) is 0 Å². The Morgan fingerprint density at radius 1 is 1.43 bits per heavy atom. The minimum absolute atomic E-state index is 0.345. The number of carbonyl (C=O) groups is 1. The number of oxazole rings is 1. The van der Waals surface area contributed by atoms with Crippen LogP contribution in [0.15, 0.2) is 10.7 Å². The summed E-state index contributed by atoms with van der Waals surface area (Å²) < 4.78 is 10.9. The molecule has 1 N–H and O–H groups in total. The van der Waals surface area contributed by atoms with Crippen molar-refractivity contribution in [3.05, 3.63) is 12.2 Å². The molecule has 8 nitrogen and oxygen atoms in total. The number of carbonyl (C=O) groups excluding carboxylic acids is 1. The maximum absolute atomic E-state index is 11.4. The first-order valence-electron chi connectivity index (χ1n) is 6.95. The molecule has 0 aromatic carbocycles. The molecule has 2 aromatic rings. The minimum Gasteiger partial charge on any atom is -0.439 e. The molecule has 0 bridgehead atoms. The second-order valence-electron chi connectivity index (χ2n) is 5.54. The quantitative estimate of drug-likeness (QED) is 0.837. The number of aryl methyl sites for hydroxylation is 1. The molecule has 21 heavy (non-hydrogen) atoms. The van der Waals surface area contributed by atoms with Gasteiger partial charge >= 0.3 is 6.09 Å². The molecule has 1 spiro atoms. The molecule has 2 saturated heterocycles. The first-order valence-corrected chi connectivity index (χ1v) is 6.95. The van der Waals surface area contributed by atoms with E-state index in [-0.39, 0.29) is 6.09 Å². The van der Waals surface area contributed by atoms with Crippen molar-refractivity contribution in [3.8, 4) is 0 Å². The van der Waals surface area contributed by atoms with E-state index >= 15 is 0 Å². The fourth-order valence-electron chi connectivity index (χ4n) is 3.09. The normalized spacial score (nSPS) is 25.4. The van der Waals surface area contributed by atoms with E-state index in [2.05, 4.69) is 25.2 Å².